The molecule has 0 aromatic carbocycles. The molecule has 0 heterocycles. The van der Waals surface area contributed by atoms with Crippen molar-refractivity contribution in [2.75, 3.05) is 42.0 Å². The van der Waals surface area contributed by atoms with Crippen LogP contribution in [0, 0.1) is 0 Å². The molecule has 1 N–H and O–H groups in total. The minimum Gasteiger partial charge on any atom is -0.347 e. The molecule has 0 bridgehead atoms. The Morgan fingerprint density at radius 2 is 0.969 bits per heavy atom. The SMILES string of the molecule is CCCCCCCCCCCCCCCCCCN[N+](C)(C)C([SiH3])(OC)C(C)(OC)OC. The van der Waals surface area contributed by atoms with Gasteiger partial charge in [0, 0.05) is 27.9 Å². The van der Waals surface area contributed by atoms with Crippen LogP contribution in [0.5, 0.6) is 0 Å². The van der Waals surface area contributed by atoms with Crippen LogP contribution in [0.25, 0.3) is 0 Å². The van der Waals surface area contributed by atoms with E-state index in [2.05, 4.69) is 26.4 Å². The van der Waals surface area contributed by atoms with Crippen molar-refractivity contribution in [2.45, 2.75) is 128 Å². The number of unbranched alkanes of at least 4 members (excludes halogenated alkanes) is 15. The van der Waals surface area contributed by atoms with E-state index in [1.165, 1.54) is 103 Å². The summed E-state index contributed by atoms with van der Waals surface area (Å²) in [5.74, 6) is -0.793. The van der Waals surface area contributed by atoms with Crippen molar-refractivity contribution in [3.63, 3.8) is 0 Å². The van der Waals surface area contributed by atoms with Crippen LogP contribution >= 0.6 is 0 Å². The van der Waals surface area contributed by atoms with E-state index in [-0.39, 0.29) is 0 Å². The van der Waals surface area contributed by atoms with Gasteiger partial charge in [-0.15, -0.1) is 0 Å². The van der Waals surface area contributed by atoms with Gasteiger partial charge in [0.05, 0.1) is 14.1 Å². The molecule has 1 atom stereocenters. The molecule has 5 nitrogen and oxygen atoms in total. The smallest absolute Gasteiger partial charge is 0.244 e. The van der Waals surface area contributed by atoms with Crippen LogP contribution in [-0.2, 0) is 14.2 Å². The van der Waals surface area contributed by atoms with Gasteiger partial charge < -0.3 is 14.2 Å². The van der Waals surface area contributed by atoms with E-state index in [0.717, 1.165) is 16.8 Å². The topological polar surface area (TPSA) is 39.7 Å². The number of nitrogens with zero attached hydrogens (tertiary/aromatic N) is 1. The highest BCUT2D eigenvalue weighted by Gasteiger charge is 2.58. The fourth-order valence-corrected chi connectivity index (χ4v) is 5.13. The monoisotopic (exact) mass is 475 g/mol. The molecule has 0 saturated carbocycles. The number of methoxy groups -OCH3 is 3. The highest BCUT2D eigenvalue weighted by Crippen LogP contribution is 2.32. The lowest BCUT2D eigenvalue weighted by Gasteiger charge is -2.51. The number of ether oxygens (including phenoxy) is 3. The van der Waals surface area contributed by atoms with E-state index in [1.807, 2.05) is 6.92 Å². The normalized spacial score (nSPS) is 14.7. The Bertz CT molecular complexity index is 433. The predicted molar refractivity (Wildman–Crippen MR) is 142 cm³/mol. The average molecular weight is 476 g/mol. The Kier molecular flexibility index (Phi) is 18.4. The minimum atomic E-state index is -0.793. The van der Waals surface area contributed by atoms with Gasteiger partial charge in [-0.2, -0.15) is 5.43 Å². The molecule has 0 fully saturated rings. The summed E-state index contributed by atoms with van der Waals surface area (Å²) in [6, 6.07) is 0. The first-order valence-corrected chi connectivity index (χ1v) is 14.5. The largest absolute Gasteiger partial charge is 0.347 e. The summed E-state index contributed by atoms with van der Waals surface area (Å²) in [5, 5.41) is -0.550. The molecule has 0 spiro atoms. The molecule has 1 unspecified atom stereocenters. The van der Waals surface area contributed by atoms with Crippen molar-refractivity contribution < 1.29 is 18.8 Å². The van der Waals surface area contributed by atoms with E-state index in [4.69, 9.17) is 14.2 Å². The fourth-order valence-electron chi connectivity index (χ4n) is 4.57. The van der Waals surface area contributed by atoms with Crippen LogP contribution in [0.2, 0.25) is 0 Å². The first kappa shape index (κ1) is 32.0. The number of rotatable bonds is 23. The molecule has 6 heteroatoms. The highest BCUT2D eigenvalue weighted by molar-refractivity contribution is 6.14. The maximum atomic E-state index is 5.95. The lowest BCUT2D eigenvalue weighted by molar-refractivity contribution is -1.00. The third-order valence-corrected chi connectivity index (χ3v) is 10.1. The minimum absolute atomic E-state index is 0.520. The zero-order chi connectivity index (χ0) is 24.3. The zero-order valence-corrected chi connectivity index (χ0v) is 25.2. The second kappa shape index (κ2) is 18.4. The van der Waals surface area contributed by atoms with Crippen molar-refractivity contribution >= 4 is 10.2 Å². The number of likely N-dealkylation sites (N-methyl/N-ethyl adjacent to an activating group) is 1. The van der Waals surface area contributed by atoms with Gasteiger partial charge in [-0.25, -0.2) is 4.59 Å². The van der Waals surface area contributed by atoms with Gasteiger partial charge in [-0.3, -0.25) is 0 Å². The van der Waals surface area contributed by atoms with Crippen LogP contribution in [0.3, 0.4) is 0 Å². The molecule has 0 aromatic rings. The summed E-state index contributed by atoms with van der Waals surface area (Å²) in [4.78, 5) is 0. The van der Waals surface area contributed by atoms with E-state index in [0.29, 0.717) is 4.59 Å². The summed E-state index contributed by atoms with van der Waals surface area (Å²) < 4.78 is 17.9. The van der Waals surface area contributed by atoms with Crippen LogP contribution in [-0.4, -0.2) is 67.9 Å². The van der Waals surface area contributed by atoms with Crippen molar-refractivity contribution in [3.05, 3.63) is 0 Å². The van der Waals surface area contributed by atoms with Crippen LogP contribution in [0.4, 0.5) is 0 Å². The number of quaternary nitrogens is 1. The molecule has 0 saturated heterocycles. The van der Waals surface area contributed by atoms with Crippen LogP contribution < -0.4 is 5.43 Å². The van der Waals surface area contributed by atoms with Crippen molar-refractivity contribution in [3.8, 4) is 0 Å². The van der Waals surface area contributed by atoms with Crippen LogP contribution in [0.15, 0.2) is 0 Å². The molecule has 32 heavy (non-hydrogen) atoms. The van der Waals surface area contributed by atoms with Gasteiger partial charge in [0.25, 0.3) is 0 Å². The Hall–Kier alpha value is 0.0169. The number of nitrogens with one attached hydrogen (secondary N) is 1. The molecule has 0 aromatic heterocycles. The Morgan fingerprint density at radius 3 is 1.28 bits per heavy atom. The quantitative estimate of drug-likeness (QED) is 0.0696. The lowest BCUT2D eigenvalue weighted by Crippen LogP contribution is -2.77. The van der Waals surface area contributed by atoms with Gasteiger partial charge in [0.2, 0.25) is 11.1 Å². The Balaban J connectivity index is 3.75. The molecule has 194 valence electrons. The standard InChI is InChI=1S/C26H59N2O3Si/c1-8-9-10-11-12-13-14-15-16-17-18-19-20-21-22-23-24-27-28(3,4)26(32,31-7)25(2,29-5)30-6/h27H,8-24H2,1-7,32H3/q+1. The second-order valence-corrected chi connectivity index (χ2v) is 11.6. The summed E-state index contributed by atoms with van der Waals surface area (Å²) >= 11 is 0. The fraction of sp³-hybridized carbons (Fsp3) is 1.00. The van der Waals surface area contributed by atoms with Crippen molar-refractivity contribution in [2.24, 2.45) is 0 Å². The Labute approximate surface area is 204 Å². The Morgan fingerprint density at radius 1 is 0.625 bits per heavy atom. The highest BCUT2D eigenvalue weighted by atomic mass is 28.1. The molecular weight excluding hydrogens is 416 g/mol. The van der Waals surface area contributed by atoms with Crippen molar-refractivity contribution in [1.82, 2.24) is 5.43 Å². The summed E-state index contributed by atoms with van der Waals surface area (Å²) in [6.45, 7) is 5.22. The van der Waals surface area contributed by atoms with Gasteiger partial charge >= 0.3 is 0 Å². The molecule has 0 aliphatic rings. The van der Waals surface area contributed by atoms with E-state index < -0.39 is 11.1 Å². The zero-order valence-electron chi connectivity index (χ0n) is 23.2. The predicted octanol–water partition coefficient (Wildman–Crippen LogP) is 5.50. The first-order chi connectivity index (χ1) is 15.2. The number of hydrogen-bond donors (Lipinski definition) is 1. The van der Waals surface area contributed by atoms with Gasteiger partial charge in [-0.1, -0.05) is 103 Å². The lowest BCUT2D eigenvalue weighted by atomic mass is 10.0. The molecule has 0 radical (unpaired) electrons. The van der Waals surface area contributed by atoms with Crippen LogP contribution in [0.1, 0.15) is 117 Å². The maximum Gasteiger partial charge on any atom is 0.244 e. The number of hydrogen-bond acceptors (Lipinski definition) is 4. The first-order valence-electron chi connectivity index (χ1n) is 13.5. The summed E-state index contributed by atoms with van der Waals surface area (Å²) in [7, 11) is 10.2. The molecule has 0 aliphatic heterocycles. The van der Waals surface area contributed by atoms with Gasteiger partial charge in [0.1, 0.15) is 10.2 Å². The van der Waals surface area contributed by atoms with Gasteiger partial charge in [0.15, 0.2) is 0 Å². The third-order valence-electron chi connectivity index (χ3n) is 7.62. The molecule has 0 amide bonds. The summed E-state index contributed by atoms with van der Waals surface area (Å²) in [5.41, 5.74) is 3.66. The second-order valence-electron chi connectivity index (χ2n) is 10.2. The van der Waals surface area contributed by atoms with Gasteiger partial charge in [-0.05, 0) is 13.3 Å². The third kappa shape index (κ3) is 11.4. The average Bonchev–Trinajstić information content (AvgIpc) is 2.79. The van der Waals surface area contributed by atoms with E-state index >= 15 is 0 Å². The van der Waals surface area contributed by atoms with E-state index in [1.54, 1.807) is 21.3 Å². The van der Waals surface area contributed by atoms with Crippen molar-refractivity contribution in [1.29, 1.82) is 0 Å². The summed E-state index contributed by atoms with van der Waals surface area (Å²) in [6.07, 6.45) is 22.4. The van der Waals surface area contributed by atoms with E-state index in [9.17, 15) is 0 Å². The molecular formula is C26H59N2O3Si+. The molecule has 0 rings (SSSR count). The molecule has 0 aliphatic carbocycles. The maximum absolute atomic E-state index is 5.95.